The summed E-state index contributed by atoms with van der Waals surface area (Å²) < 4.78 is 27.3. The maximum absolute atomic E-state index is 12.4. The summed E-state index contributed by atoms with van der Waals surface area (Å²) in [6.07, 6.45) is 0. The Morgan fingerprint density at radius 1 is 1.14 bits per heavy atom. The van der Waals surface area contributed by atoms with Crippen molar-refractivity contribution in [2.75, 3.05) is 11.8 Å². The van der Waals surface area contributed by atoms with Gasteiger partial charge < -0.3 is 5.32 Å². The number of aryl methyl sites for hydroxylation is 2. The summed E-state index contributed by atoms with van der Waals surface area (Å²) in [7, 11) is -2.19. The molecule has 0 bridgehead atoms. The number of carbonyl (C=O) groups excluding carboxylic acids is 1. The standard InChI is InChI=1S/C14H16N2O3S2/c1-9-4-6-11(7-5-9)16-21(18,19)13-8-12(14(17)15-3)20-10(13)2/h4-8,16H,1-3H3,(H,15,17). The minimum Gasteiger partial charge on any atom is -0.354 e. The van der Waals surface area contributed by atoms with Crippen LogP contribution in [-0.4, -0.2) is 21.4 Å². The predicted octanol–water partition coefficient (Wildman–Crippen LogP) is 2.53. The number of hydrogen-bond acceptors (Lipinski definition) is 4. The average molecular weight is 324 g/mol. The summed E-state index contributed by atoms with van der Waals surface area (Å²) in [5, 5.41) is 2.49. The molecule has 0 aliphatic carbocycles. The molecule has 0 radical (unpaired) electrons. The zero-order valence-corrected chi connectivity index (χ0v) is 13.6. The molecule has 0 saturated heterocycles. The lowest BCUT2D eigenvalue weighted by Crippen LogP contribution is -2.16. The van der Waals surface area contributed by atoms with Crippen LogP contribution < -0.4 is 10.0 Å². The molecule has 0 atom stereocenters. The molecule has 2 aromatic rings. The summed E-state index contributed by atoms with van der Waals surface area (Å²) in [5.41, 5.74) is 1.54. The third-order valence-electron chi connectivity index (χ3n) is 2.92. The van der Waals surface area contributed by atoms with Crippen LogP contribution in [0.15, 0.2) is 35.2 Å². The fourth-order valence-electron chi connectivity index (χ4n) is 1.80. The lowest BCUT2D eigenvalue weighted by atomic mass is 10.2. The fraction of sp³-hybridized carbons (Fsp3) is 0.214. The van der Waals surface area contributed by atoms with Crippen LogP contribution in [0.25, 0.3) is 0 Å². The predicted molar refractivity (Wildman–Crippen MR) is 84.4 cm³/mol. The molecule has 1 heterocycles. The van der Waals surface area contributed by atoms with E-state index in [1.54, 1.807) is 19.1 Å². The Hall–Kier alpha value is -1.86. The van der Waals surface area contributed by atoms with Crippen molar-refractivity contribution in [1.29, 1.82) is 0 Å². The summed E-state index contributed by atoms with van der Waals surface area (Å²) in [6, 6.07) is 8.46. The van der Waals surface area contributed by atoms with E-state index in [-0.39, 0.29) is 10.8 Å². The molecule has 21 heavy (non-hydrogen) atoms. The molecule has 0 unspecified atom stereocenters. The van der Waals surface area contributed by atoms with Gasteiger partial charge in [0.1, 0.15) is 4.90 Å². The van der Waals surface area contributed by atoms with Gasteiger partial charge in [0.2, 0.25) is 0 Å². The molecule has 1 aromatic heterocycles. The molecule has 0 spiro atoms. The summed E-state index contributed by atoms with van der Waals surface area (Å²) >= 11 is 1.16. The second-order valence-corrected chi connectivity index (χ2v) is 7.49. The molecule has 5 nitrogen and oxygen atoms in total. The quantitative estimate of drug-likeness (QED) is 0.907. The van der Waals surface area contributed by atoms with Gasteiger partial charge in [-0.25, -0.2) is 8.42 Å². The molecule has 7 heteroatoms. The number of rotatable bonds is 4. The molecule has 1 aromatic carbocycles. The minimum atomic E-state index is -3.70. The Labute approximate surface area is 128 Å². The highest BCUT2D eigenvalue weighted by Gasteiger charge is 2.22. The Morgan fingerprint density at radius 3 is 2.33 bits per heavy atom. The maximum Gasteiger partial charge on any atom is 0.263 e. The van der Waals surface area contributed by atoms with E-state index in [2.05, 4.69) is 10.0 Å². The molecular weight excluding hydrogens is 308 g/mol. The summed E-state index contributed by atoms with van der Waals surface area (Å²) in [4.78, 5) is 12.7. The average Bonchev–Trinajstić information content (AvgIpc) is 2.83. The van der Waals surface area contributed by atoms with Crippen LogP contribution in [-0.2, 0) is 10.0 Å². The van der Waals surface area contributed by atoms with E-state index in [0.717, 1.165) is 16.9 Å². The first-order valence-corrected chi connectivity index (χ1v) is 8.55. The van der Waals surface area contributed by atoms with Crippen molar-refractivity contribution in [1.82, 2.24) is 5.32 Å². The van der Waals surface area contributed by atoms with Crippen LogP contribution in [0.2, 0.25) is 0 Å². The van der Waals surface area contributed by atoms with Crippen molar-refractivity contribution in [3.63, 3.8) is 0 Å². The van der Waals surface area contributed by atoms with Crippen LogP contribution >= 0.6 is 11.3 Å². The zero-order chi connectivity index (χ0) is 15.6. The van der Waals surface area contributed by atoms with Gasteiger partial charge in [0.15, 0.2) is 0 Å². The smallest absolute Gasteiger partial charge is 0.263 e. The highest BCUT2D eigenvalue weighted by atomic mass is 32.2. The Bertz CT molecular complexity index is 762. The van der Waals surface area contributed by atoms with E-state index < -0.39 is 10.0 Å². The van der Waals surface area contributed by atoms with Crippen molar-refractivity contribution >= 4 is 33.0 Å². The molecule has 2 rings (SSSR count). The number of anilines is 1. The number of thiophene rings is 1. The van der Waals surface area contributed by atoms with Gasteiger partial charge in [-0.1, -0.05) is 17.7 Å². The fourth-order valence-corrected chi connectivity index (χ4v) is 4.40. The van der Waals surface area contributed by atoms with Gasteiger partial charge in [-0.05, 0) is 32.0 Å². The van der Waals surface area contributed by atoms with E-state index >= 15 is 0 Å². The number of amides is 1. The summed E-state index contributed by atoms with van der Waals surface area (Å²) in [6.45, 7) is 3.61. The van der Waals surface area contributed by atoms with Crippen molar-refractivity contribution in [3.8, 4) is 0 Å². The molecule has 0 saturated carbocycles. The van der Waals surface area contributed by atoms with E-state index in [1.165, 1.54) is 13.1 Å². The van der Waals surface area contributed by atoms with E-state index in [1.807, 2.05) is 19.1 Å². The van der Waals surface area contributed by atoms with Crippen molar-refractivity contribution < 1.29 is 13.2 Å². The number of sulfonamides is 1. The normalized spacial score (nSPS) is 11.2. The maximum atomic E-state index is 12.4. The first-order chi connectivity index (χ1) is 9.83. The second kappa shape index (κ2) is 5.87. The Morgan fingerprint density at radius 2 is 1.76 bits per heavy atom. The van der Waals surface area contributed by atoms with E-state index in [4.69, 9.17) is 0 Å². The lowest BCUT2D eigenvalue weighted by Gasteiger charge is -2.07. The second-order valence-electron chi connectivity index (χ2n) is 4.58. The van der Waals surface area contributed by atoms with Crippen LogP contribution in [0.5, 0.6) is 0 Å². The molecule has 0 aliphatic rings. The van der Waals surface area contributed by atoms with E-state index in [9.17, 15) is 13.2 Å². The van der Waals surface area contributed by atoms with Crippen molar-refractivity contribution in [2.24, 2.45) is 0 Å². The number of hydrogen-bond donors (Lipinski definition) is 2. The van der Waals surface area contributed by atoms with Crippen molar-refractivity contribution in [2.45, 2.75) is 18.7 Å². The van der Waals surface area contributed by atoms with Gasteiger partial charge in [0, 0.05) is 17.6 Å². The van der Waals surface area contributed by atoms with Crippen LogP contribution in [0.1, 0.15) is 20.1 Å². The van der Waals surface area contributed by atoms with Gasteiger partial charge in [0.05, 0.1) is 4.88 Å². The highest BCUT2D eigenvalue weighted by Crippen LogP contribution is 2.27. The van der Waals surface area contributed by atoms with Gasteiger partial charge in [-0.3, -0.25) is 9.52 Å². The first kappa shape index (κ1) is 15.5. The first-order valence-electron chi connectivity index (χ1n) is 6.25. The van der Waals surface area contributed by atoms with Gasteiger partial charge in [0.25, 0.3) is 15.9 Å². The van der Waals surface area contributed by atoms with Crippen LogP contribution in [0.3, 0.4) is 0 Å². The highest BCUT2D eigenvalue weighted by molar-refractivity contribution is 7.93. The molecule has 1 amide bonds. The Balaban J connectivity index is 2.33. The monoisotopic (exact) mass is 324 g/mol. The van der Waals surface area contributed by atoms with Gasteiger partial charge in [-0.2, -0.15) is 0 Å². The number of nitrogens with one attached hydrogen (secondary N) is 2. The van der Waals surface area contributed by atoms with Crippen LogP contribution in [0, 0.1) is 13.8 Å². The summed E-state index contributed by atoms with van der Waals surface area (Å²) in [5.74, 6) is -0.292. The largest absolute Gasteiger partial charge is 0.354 e. The SMILES string of the molecule is CNC(=O)c1cc(S(=O)(=O)Nc2ccc(C)cc2)c(C)s1. The molecular formula is C14H16N2O3S2. The molecule has 112 valence electrons. The third kappa shape index (κ3) is 3.43. The van der Waals surface area contributed by atoms with E-state index in [0.29, 0.717) is 15.4 Å². The zero-order valence-electron chi connectivity index (χ0n) is 11.9. The number of benzene rings is 1. The number of carbonyl (C=O) groups is 1. The van der Waals surface area contributed by atoms with Gasteiger partial charge in [-0.15, -0.1) is 11.3 Å². The van der Waals surface area contributed by atoms with Crippen LogP contribution in [0.4, 0.5) is 5.69 Å². The third-order valence-corrected chi connectivity index (χ3v) is 5.60. The van der Waals surface area contributed by atoms with Gasteiger partial charge >= 0.3 is 0 Å². The van der Waals surface area contributed by atoms with Crippen molar-refractivity contribution in [3.05, 3.63) is 45.6 Å². The molecule has 2 N–H and O–H groups in total. The molecule has 0 fully saturated rings. The lowest BCUT2D eigenvalue weighted by molar-refractivity contribution is 0.0967. The Kier molecular flexibility index (Phi) is 4.34. The molecule has 0 aliphatic heterocycles. The topological polar surface area (TPSA) is 75.3 Å². The minimum absolute atomic E-state index is 0.131.